The predicted molar refractivity (Wildman–Crippen MR) is 78.8 cm³/mol. The number of benzene rings is 1. The summed E-state index contributed by atoms with van der Waals surface area (Å²) in [5, 5.41) is 23.0. The average Bonchev–Trinajstić information content (AvgIpc) is 2.46. The molecule has 1 fully saturated rings. The third-order valence-corrected chi connectivity index (χ3v) is 3.89. The van der Waals surface area contributed by atoms with Gasteiger partial charge >= 0.3 is 5.97 Å². The van der Waals surface area contributed by atoms with Crippen molar-refractivity contribution < 1.29 is 14.8 Å². The first-order chi connectivity index (χ1) is 9.99. The number of rotatable bonds is 5. The van der Waals surface area contributed by atoms with Gasteiger partial charge in [-0.1, -0.05) is 6.42 Å². The van der Waals surface area contributed by atoms with Gasteiger partial charge in [0.15, 0.2) is 0 Å². The number of nitro groups is 1. The minimum atomic E-state index is -1.29. The number of nitro benzene ring substituents is 1. The number of nitrogens with one attached hydrogen (secondary N) is 1. The molecule has 0 amide bonds. The van der Waals surface area contributed by atoms with Gasteiger partial charge in [0.25, 0.3) is 5.69 Å². The zero-order valence-electron chi connectivity index (χ0n) is 11.9. The fourth-order valence-electron chi connectivity index (χ4n) is 2.61. The standard InChI is InChI=1S/C14H19N3O4/c1-16-7-3-2-4-11(16)9-15-10-5-6-13(17(20)21)12(8-10)14(18)19/h5-6,8,11,15H,2-4,7,9H2,1H3,(H,18,19). The first kappa shape index (κ1) is 15.2. The Morgan fingerprint density at radius 3 is 2.90 bits per heavy atom. The quantitative estimate of drug-likeness (QED) is 0.638. The van der Waals surface area contributed by atoms with Crippen molar-refractivity contribution in [2.45, 2.75) is 25.3 Å². The van der Waals surface area contributed by atoms with Crippen molar-refractivity contribution >= 4 is 17.3 Å². The molecule has 0 spiro atoms. The first-order valence-electron chi connectivity index (χ1n) is 6.95. The third kappa shape index (κ3) is 3.69. The maximum atomic E-state index is 11.1. The van der Waals surface area contributed by atoms with E-state index in [0.29, 0.717) is 18.3 Å². The van der Waals surface area contributed by atoms with E-state index in [4.69, 9.17) is 5.11 Å². The lowest BCUT2D eigenvalue weighted by molar-refractivity contribution is -0.385. The summed E-state index contributed by atoms with van der Waals surface area (Å²) in [6.45, 7) is 1.76. The van der Waals surface area contributed by atoms with Crippen molar-refractivity contribution in [2.24, 2.45) is 0 Å². The van der Waals surface area contributed by atoms with Crippen LogP contribution in [0.3, 0.4) is 0 Å². The second-order valence-corrected chi connectivity index (χ2v) is 5.31. The highest BCUT2D eigenvalue weighted by molar-refractivity contribution is 5.93. The molecule has 1 atom stereocenters. The monoisotopic (exact) mass is 293 g/mol. The number of likely N-dealkylation sites (tertiary alicyclic amines) is 1. The molecular weight excluding hydrogens is 274 g/mol. The summed E-state index contributed by atoms with van der Waals surface area (Å²) in [5.41, 5.74) is -0.0817. The summed E-state index contributed by atoms with van der Waals surface area (Å²) in [6, 6.07) is 4.51. The summed E-state index contributed by atoms with van der Waals surface area (Å²) >= 11 is 0. The van der Waals surface area contributed by atoms with Gasteiger partial charge in [0.05, 0.1) is 4.92 Å². The van der Waals surface area contributed by atoms with E-state index in [1.54, 1.807) is 6.07 Å². The molecule has 1 saturated heterocycles. The number of carboxylic acid groups (broad SMARTS) is 1. The van der Waals surface area contributed by atoms with Crippen LogP contribution in [0, 0.1) is 10.1 Å². The smallest absolute Gasteiger partial charge is 0.342 e. The van der Waals surface area contributed by atoms with Crippen molar-refractivity contribution in [1.82, 2.24) is 4.90 Å². The van der Waals surface area contributed by atoms with Gasteiger partial charge in [-0.3, -0.25) is 10.1 Å². The number of carbonyl (C=O) groups is 1. The molecule has 0 aromatic heterocycles. The van der Waals surface area contributed by atoms with Gasteiger partial charge in [-0.05, 0) is 38.6 Å². The van der Waals surface area contributed by atoms with Crippen molar-refractivity contribution in [1.29, 1.82) is 0 Å². The number of anilines is 1. The second kappa shape index (κ2) is 6.53. The van der Waals surface area contributed by atoms with E-state index in [0.717, 1.165) is 13.0 Å². The minimum absolute atomic E-state index is 0.290. The van der Waals surface area contributed by atoms with Gasteiger partial charge < -0.3 is 15.3 Å². The normalized spacial score (nSPS) is 19.2. The fourth-order valence-corrected chi connectivity index (χ4v) is 2.61. The molecule has 7 nitrogen and oxygen atoms in total. The molecule has 1 heterocycles. The molecule has 1 aromatic carbocycles. The van der Waals surface area contributed by atoms with Gasteiger partial charge in [-0.2, -0.15) is 0 Å². The molecule has 2 N–H and O–H groups in total. The van der Waals surface area contributed by atoms with Crippen molar-refractivity contribution in [3.05, 3.63) is 33.9 Å². The van der Waals surface area contributed by atoms with Crippen LogP contribution in [0.2, 0.25) is 0 Å². The Labute approximate surface area is 122 Å². The number of aromatic carboxylic acids is 1. The van der Waals surface area contributed by atoms with E-state index in [1.807, 2.05) is 0 Å². The Balaban J connectivity index is 2.08. The number of nitrogens with zero attached hydrogens (tertiary/aromatic N) is 2. The van der Waals surface area contributed by atoms with Crippen LogP contribution in [-0.2, 0) is 0 Å². The molecule has 0 aliphatic carbocycles. The van der Waals surface area contributed by atoms with Crippen molar-refractivity contribution in [2.75, 3.05) is 25.5 Å². The topological polar surface area (TPSA) is 95.7 Å². The number of hydrogen-bond acceptors (Lipinski definition) is 5. The fraction of sp³-hybridized carbons (Fsp3) is 0.500. The highest BCUT2D eigenvalue weighted by Gasteiger charge is 2.21. The molecule has 2 rings (SSSR count). The van der Waals surface area contributed by atoms with Crippen LogP contribution in [-0.4, -0.2) is 47.1 Å². The van der Waals surface area contributed by atoms with E-state index in [2.05, 4.69) is 17.3 Å². The molecule has 0 bridgehead atoms. The number of likely N-dealkylation sites (N-methyl/N-ethyl adjacent to an activating group) is 1. The van der Waals surface area contributed by atoms with Crippen LogP contribution in [0.25, 0.3) is 0 Å². The van der Waals surface area contributed by atoms with Gasteiger partial charge in [-0.15, -0.1) is 0 Å². The van der Waals surface area contributed by atoms with E-state index in [-0.39, 0.29) is 11.3 Å². The molecular formula is C14H19N3O4. The minimum Gasteiger partial charge on any atom is -0.477 e. The lowest BCUT2D eigenvalue weighted by atomic mass is 10.0. The predicted octanol–water partition coefficient (Wildman–Crippen LogP) is 2.19. The zero-order chi connectivity index (χ0) is 15.4. The summed E-state index contributed by atoms with van der Waals surface area (Å²) in [5.74, 6) is -1.29. The Kier molecular flexibility index (Phi) is 4.74. The molecule has 1 aliphatic heterocycles. The SMILES string of the molecule is CN1CCCCC1CNc1ccc([N+](=O)[O-])c(C(=O)O)c1. The van der Waals surface area contributed by atoms with Crippen LogP contribution in [0.1, 0.15) is 29.6 Å². The van der Waals surface area contributed by atoms with Crippen molar-refractivity contribution in [3.63, 3.8) is 0 Å². The Hall–Kier alpha value is -2.15. The lowest BCUT2D eigenvalue weighted by Gasteiger charge is -2.32. The molecule has 114 valence electrons. The summed E-state index contributed by atoms with van der Waals surface area (Å²) in [4.78, 5) is 23.5. The molecule has 1 unspecified atom stereocenters. The van der Waals surface area contributed by atoms with Crippen LogP contribution >= 0.6 is 0 Å². The molecule has 1 aromatic rings. The molecule has 21 heavy (non-hydrogen) atoms. The van der Waals surface area contributed by atoms with E-state index < -0.39 is 10.9 Å². The zero-order valence-corrected chi connectivity index (χ0v) is 11.9. The average molecular weight is 293 g/mol. The first-order valence-corrected chi connectivity index (χ1v) is 6.95. The number of carboxylic acids is 1. The second-order valence-electron chi connectivity index (χ2n) is 5.31. The maximum absolute atomic E-state index is 11.1. The Bertz CT molecular complexity index is 547. The van der Waals surface area contributed by atoms with Gasteiger partial charge in [0, 0.05) is 24.3 Å². The number of hydrogen-bond donors (Lipinski definition) is 2. The van der Waals surface area contributed by atoms with E-state index in [1.165, 1.54) is 25.0 Å². The van der Waals surface area contributed by atoms with Crippen LogP contribution in [0.15, 0.2) is 18.2 Å². The molecule has 0 radical (unpaired) electrons. The highest BCUT2D eigenvalue weighted by Crippen LogP contribution is 2.23. The van der Waals surface area contributed by atoms with Gasteiger partial charge in [-0.25, -0.2) is 4.79 Å². The Morgan fingerprint density at radius 1 is 1.52 bits per heavy atom. The largest absolute Gasteiger partial charge is 0.477 e. The van der Waals surface area contributed by atoms with E-state index in [9.17, 15) is 14.9 Å². The lowest BCUT2D eigenvalue weighted by Crippen LogP contribution is -2.40. The maximum Gasteiger partial charge on any atom is 0.342 e. The van der Waals surface area contributed by atoms with Crippen molar-refractivity contribution in [3.8, 4) is 0 Å². The summed E-state index contributed by atoms with van der Waals surface area (Å²) < 4.78 is 0. The third-order valence-electron chi connectivity index (χ3n) is 3.89. The number of piperidine rings is 1. The molecule has 0 saturated carbocycles. The summed E-state index contributed by atoms with van der Waals surface area (Å²) in [6.07, 6.45) is 3.49. The van der Waals surface area contributed by atoms with Gasteiger partial charge in [0.2, 0.25) is 0 Å². The van der Waals surface area contributed by atoms with Gasteiger partial charge in [0.1, 0.15) is 5.56 Å². The van der Waals surface area contributed by atoms with E-state index >= 15 is 0 Å². The van der Waals surface area contributed by atoms with Crippen LogP contribution in [0.5, 0.6) is 0 Å². The molecule has 7 heteroatoms. The van der Waals surface area contributed by atoms with Crippen LogP contribution < -0.4 is 5.32 Å². The summed E-state index contributed by atoms with van der Waals surface area (Å²) in [7, 11) is 2.07. The Morgan fingerprint density at radius 2 is 2.29 bits per heavy atom. The highest BCUT2D eigenvalue weighted by atomic mass is 16.6. The molecule has 1 aliphatic rings. The van der Waals surface area contributed by atoms with Crippen LogP contribution in [0.4, 0.5) is 11.4 Å².